The van der Waals surface area contributed by atoms with E-state index in [1.807, 2.05) is 24.3 Å². The zero-order valence-electron chi connectivity index (χ0n) is 24.0. The molecule has 4 nitrogen and oxygen atoms in total. The number of rotatable bonds is 19. The first-order valence-corrected chi connectivity index (χ1v) is 15.9. The molecule has 214 valence electrons. The third kappa shape index (κ3) is 12.1. The van der Waals surface area contributed by atoms with E-state index in [9.17, 15) is 9.18 Å². The maximum Gasteiger partial charge on any atom is 0.228 e. The molecule has 0 saturated heterocycles. The van der Waals surface area contributed by atoms with Crippen molar-refractivity contribution in [3.05, 3.63) is 70.5 Å². The summed E-state index contributed by atoms with van der Waals surface area (Å²) < 4.78 is 20.2. The molecular formula is C33H47FN2O2S. The van der Waals surface area contributed by atoms with Crippen LogP contribution in [0.5, 0.6) is 5.75 Å². The van der Waals surface area contributed by atoms with Crippen molar-refractivity contribution in [1.82, 2.24) is 4.90 Å². The average molecular weight is 555 g/mol. The molecule has 1 aliphatic heterocycles. The Balaban J connectivity index is 1.27. The molecule has 0 aromatic heterocycles. The van der Waals surface area contributed by atoms with Crippen LogP contribution < -0.4 is 10.1 Å². The quantitative estimate of drug-likeness (QED) is 0.176. The van der Waals surface area contributed by atoms with Crippen molar-refractivity contribution in [3.63, 3.8) is 0 Å². The second-order valence-electron chi connectivity index (χ2n) is 10.7. The van der Waals surface area contributed by atoms with Gasteiger partial charge >= 0.3 is 0 Å². The molecule has 0 radical (unpaired) electrons. The number of nitrogens with zero attached hydrogens (tertiary/aromatic N) is 1. The number of thioether (sulfide) groups is 1. The molecule has 2 aromatic rings. The molecule has 1 heterocycles. The largest absolute Gasteiger partial charge is 0.491 e. The summed E-state index contributed by atoms with van der Waals surface area (Å²) in [4.78, 5) is 14.8. The van der Waals surface area contributed by atoms with Crippen molar-refractivity contribution in [2.75, 3.05) is 17.8 Å². The second-order valence-corrected chi connectivity index (χ2v) is 11.5. The van der Waals surface area contributed by atoms with Gasteiger partial charge in [0.25, 0.3) is 0 Å². The summed E-state index contributed by atoms with van der Waals surface area (Å²) in [6, 6.07) is 12.7. The van der Waals surface area contributed by atoms with Crippen LogP contribution in [-0.4, -0.2) is 23.3 Å². The van der Waals surface area contributed by atoms with Gasteiger partial charge in [-0.1, -0.05) is 95.8 Å². The highest BCUT2D eigenvalue weighted by Crippen LogP contribution is 2.25. The molecular weight excluding hydrogens is 507 g/mol. The molecule has 3 rings (SSSR count). The lowest BCUT2D eigenvalue weighted by Crippen LogP contribution is -2.17. The lowest BCUT2D eigenvalue weighted by atomic mass is 10.1. The maximum atomic E-state index is 14.5. The summed E-state index contributed by atoms with van der Waals surface area (Å²) in [5.41, 5.74) is 3.86. The highest BCUT2D eigenvalue weighted by atomic mass is 32.2. The Morgan fingerprint density at radius 1 is 0.897 bits per heavy atom. The average Bonchev–Trinajstić information content (AvgIpc) is 3.33. The van der Waals surface area contributed by atoms with Gasteiger partial charge in [-0.05, 0) is 54.1 Å². The Hall–Kier alpha value is -2.47. The minimum Gasteiger partial charge on any atom is -0.491 e. The monoisotopic (exact) mass is 554 g/mol. The number of carbonyl (C=O) groups is 1. The van der Waals surface area contributed by atoms with Crippen molar-refractivity contribution >= 4 is 23.4 Å². The Morgan fingerprint density at radius 3 is 2.10 bits per heavy atom. The lowest BCUT2D eigenvalue weighted by Gasteiger charge is -2.19. The molecule has 0 fully saturated rings. The van der Waals surface area contributed by atoms with Gasteiger partial charge in [0.1, 0.15) is 0 Å². The fraction of sp³-hybridized carbons (Fsp3) is 0.545. The Morgan fingerprint density at radius 2 is 1.51 bits per heavy atom. The van der Waals surface area contributed by atoms with Crippen molar-refractivity contribution in [3.8, 4) is 5.75 Å². The second kappa shape index (κ2) is 18.0. The van der Waals surface area contributed by atoms with Gasteiger partial charge < -0.3 is 15.0 Å². The minimum absolute atomic E-state index is 0.118. The SMILES string of the molecule is CCCCCCCCCCCCCCOc1ccc(CC(=O)Nc2ccc(CN3CSC=C3C)cc2)cc1F. The number of benzene rings is 2. The van der Waals surface area contributed by atoms with E-state index in [0.717, 1.165) is 31.0 Å². The van der Waals surface area contributed by atoms with Gasteiger partial charge in [-0.15, -0.1) is 11.8 Å². The first kappa shape index (κ1) is 31.1. The minimum atomic E-state index is -0.409. The fourth-order valence-corrected chi connectivity index (χ4v) is 5.74. The Kier molecular flexibility index (Phi) is 14.3. The number of nitrogens with one attached hydrogen (secondary N) is 1. The van der Waals surface area contributed by atoms with Crippen LogP contribution >= 0.6 is 11.8 Å². The molecule has 0 spiro atoms. The van der Waals surface area contributed by atoms with E-state index in [1.165, 1.54) is 81.5 Å². The Bertz CT molecular complexity index is 1020. The molecule has 39 heavy (non-hydrogen) atoms. The summed E-state index contributed by atoms with van der Waals surface area (Å²) >= 11 is 1.81. The van der Waals surface area contributed by atoms with Gasteiger partial charge in [-0.3, -0.25) is 4.79 Å². The lowest BCUT2D eigenvalue weighted by molar-refractivity contribution is -0.115. The van der Waals surface area contributed by atoms with E-state index >= 15 is 0 Å². The molecule has 0 unspecified atom stereocenters. The van der Waals surface area contributed by atoms with Crippen LogP contribution in [0.2, 0.25) is 0 Å². The van der Waals surface area contributed by atoms with E-state index in [4.69, 9.17) is 4.74 Å². The van der Waals surface area contributed by atoms with Gasteiger partial charge in [-0.2, -0.15) is 0 Å². The third-order valence-electron chi connectivity index (χ3n) is 7.21. The summed E-state index contributed by atoms with van der Waals surface area (Å²) in [7, 11) is 0. The van der Waals surface area contributed by atoms with Crippen LogP contribution in [0.4, 0.5) is 10.1 Å². The number of ether oxygens (including phenoxy) is 1. The van der Waals surface area contributed by atoms with Gasteiger partial charge in [0.05, 0.1) is 18.9 Å². The van der Waals surface area contributed by atoms with E-state index < -0.39 is 5.82 Å². The zero-order valence-corrected chi connectivity index (χ0v) is 24.8. The summed E-state index contributed by atoms with van der Waals surface area (Å²) in [5, 5.41) is 5.09. The molecule has 0 bridgehead atoms. The van der Waals surface area contributed by atoms with Crippen LogP contribution in [0.1, 0.15) is 102 Å². The van der Waals surface area contributed by atoms with Crippen molar-refractivity contribution in [2.24, 2.45) is 0 Å². The number of anilines is 1. The van der Waals surface area contributed by atoms with Crippen LogP contribution in [-0.2, 0) is 17.8 Å². The molecule has 1 amide bonds. The van der Waals surface area contributed by atoms with Gasteiger partial charge in [0.15, 0.2) is 11.6 Å². The highest BCUT2D eigenvalue weighted by molar-refractivity contribution is 8.02. The number of allylic oxidation sites excluding steroid dienone is 1. The predicted octanol–water partition coefficient (Wildman–Crippen LogP) is 9.45. The zero-order chi connectivity index (χ0) is 27.7. The normalized spacial score (nSPS) is 13.0. The van der Waals surface area contributed by atoms with Gasteiger partial charge in [0.2, 0.25) is 5.91 Å². The van der Waals surface area contributed by atoms with Gasteiger partial charge in [-0.25, -0.2) is 4.39 Å². The van der Waals surface area contributed by atoms with E-state index in [1.54, 1.807) is 23.9 Å². The molecule has 6 heteroatoms. The van der Waals surface area contributed by atoms with E-state index in [-0.39, 0.29) is 18.1 Å². The molecule has 0 atom stereocenters. The standard InChI is InChI=1S/C33H47FN2O2S/c1-3-4-5-6-7-8-9-10-11-12-13-14-21-38-32-20-17-29(22-31(32)34)23-33(37)35-30-18-15-28(16-19-30)24-36-26-39-25-27(36)2/h15-20,22,25H,3-14,21,23-24,26H2,1-2H3,(H,35,37). The number of amides is 1. The first-order chi connectivity index (χ1) is 19.0. The molecule has 0 saturated carbocycles. The number of carbonyl (C=O) groups excluding carboxylic acids is 1. The first-order valence-electron chi connectivity index (χ1n) is 14.9. The summed E-state index contributed by atoms with van der Waals surface area (Å²) in [6.45, 7) is 5.76. The predicted molar refractivity (Wildman–Crippen MR) is 164 cm³/mol. The van der Waals surface area contributed by atoms with Crippen molar-refractivity contribution in [2.45, 2.75) is 104 Å². The summed E-state index contributed by atoms with van der Waals surface area (Å²) in [6.07, 6.45) is 15.5. The molecule has 0 aliphatic carbocycles. The van der Waals surface area contributed by atoms with Crippen LogP contribution in [0, 0.1) is 5.82 Å². The number of halogens is 1. The van der Waals surface area contributed by atoms with Crippen molar-refractivity contribution in [1.29, 1.82) is 0 Å². The third-order valence-corrected chi connectivity index (χ3v) is 8.18. The number of hydrogen-bond acceptors (Lipinski definition) is 4. The number of unbranched alkanes of at least 4 members (excludes halogenated alkanes) is 11. The van der Waals surface area contributed by atoms with E-state index in [0.29, 0.717) is 12.2 Å². The molecule has 2 aromatic carbocycles. The van der Waals surface area contributed by atoms with Crippen LogP contribution in [0.25, 0.3) is 0 Å². The highest BCUT2D eigenvalue weighted by Gasteiger charge is 2.12. The van der Waals surface area contributed by atoms with Gasteiger partial charge in [0, 0.05) is 17.9 Å². The number of hydrogen-bond donors (Lipinski definition) is 1. The molecule has 1 N–H and O–H groups in total. The maximum absolute atomic E-state index is 14.5. The van der Waals surface area contributed by atoms with Crippen LogP contribution in [0.15, 0.2) is 53.6 Å². The summed E-state index contributed by atoms with van der Waals surface area (Å²) in [5.74, 6) is 0.666. The fourth-order valence-electron chi connectivity index (χ4n) is 4.80. The topological polar surface area (TPSA) is 41.6 Å². The van der Waals surface area contributed by atoms with Crippen molar-refractivity contribution < 1.29 is 13.9 Å². The van der Waals surface area contributed by atoms with Crippen LogP contribution in [0.3, 0.4) is 0 Å². The molecule has 1 aliphatic rings. The smallest absolute Gasteiger partial charge is 0.228 e. The van der Waals surface area contributed by atoms with E-state index in [2.05, 4.69) is 29.5 Å². The Labute approximate surface area is 239 Å².